The Balaban J connectivity index is 1.59. The van der Waals surface area contributed by atoms with Crippen molar-refractivity contribution in [3.8, 4) is 0 Å². The predicted molar refractivity (Wildman–Crippen MR) is 126 cm³/mol. The predicted octanol–water partition coefficient (Wildman–Crippen LogP) is 5.84. The molecule has 0 aliphatic heterocycles. The van der Waals surface area contributed by atoms with Gasteiger partial charge in [-0.2, -0.15) is 0 Å². The number of rotatable bonds is 7. The Morgan fingerprint density at radius 1 is 1.00 bits per heavy atom. The second kappa shape index (κ2) is 9.17. The molecule has 1 aromatic heterocycles. The lowest BCUT2D eigenvalue weighted by Gasteiger charge is -2.13. The Labute approximate surface area is 183 Å². The summed E-state index contributed by atoms with van der Waals surface area (Å²) in [5, 5.41) is 3.05. The Morgan fingerprint density at radius 2 is 1.71 bits per heavy atom. The molecule has 4 rings (SSSR count). The van der Waals surface area contributed by atoms with Crippen LogP contribution >= 0.6 is 0 Å². The Bertz CT molecular complexity index is 1190. The molecule has 1 unspecified atom stereocenters. The summed E-state index contributed by atoms with van der Waals surface area (Å²) < 4.78 is 2.20. The van der Waals surface area contributed by atoms with Gasteiger partial charge in [0.1, 0.15) is 5.82 Å². The van der Waals surface area contributed by atoms with E-state index in [1.54, 1.807) is 0 Å². The van der Waals surface area contributed by atoms with Gasteiger partial charge in [0.2, 0.25) is 0 Å². The second-order valence-corrected chi connectivity index (χ2v) is 8.15. The van der Waals surface area contributed by atoms with Gasteiger partial charge in [-0.25, -0.2) is 4.98 Å². The van der Waals surface area contributed by atoms with Gasteiger partial charge in [-0.3, -0.25) is 4.79 Å². The molecule has 4 aromatic rings. The number of amides is 1. The molecule has 0 saturated heterocycles. The number of nitrogens with one attached hydrogen (secondary N) is 1. The number of hydrogen-bond acceptors (Lipinski definition) is 2. The van der Waals surface area contributed by atoms with E-state index in [2.05, 4.69) is 54.1 Å². The number of nitrogens with zero attached hydrogens (tertiary/aromatic N) is 2. The molecular formula is C27H29N3O. The van der Waals surface area contributed by atoms with Crippen LogP contribution in [0.1, 0.15) is 59.1 Å². The highest BCUT2D eigenvalue weighted by Crippen LogP contribution is 2.21. The van der Waals surface area contributed by atoms with E-state index in [9.17, 15) is 4.79 Å². The third kappa shape index (κ3) is 4.53. The van der Waals surface area contributed by atoms with Crippen LogP contribution in [0.3, 0.4) is 0 Å². The third-order valence-electron chi connectivity index (χ3n) is 6.03. The van der Waals surface area contributed by atoms with E-state index in [4.69, 9.17) is 4.98 Å². The zero-order chi connectivity index (χ0) is 21.8. The summed E-state index contributed by atoms with van der Waals surface area (Å²) >= 11 is 0. The molecule has 0 aliphatic carbocycles. The molecule has 158 valence electrons. The maximum atomic E-state index is 12.7. The monoisotopic (exact) mass is 411 g/mol. The van der Waals surface area contributed by atoms with Crippen LogP contribution in [0, 0.1) is 6.92 Å². The molecule has 0 saturated carbocycles. The van der Waals surface area contributed by atoms with Crippen LogP contribution in [-0.2, 0) is 13.1 Å². The van der Waals surface area contributed by atoms with Crippen molar-refractivity contribution < 1.29 is 4.79 Å². The summed E-state index contributed by atoms with van der Waals surface area (Å²) in [5.74, 6) is 1.35. The Hall–Kier alpha value is -3.40. The molecule has 0 aliphatic rings. The van der Waals surface area contributed by atoms with E-state index in [1.807, 2.05) is 49.4 Å². The maximum absolute atomic E-state index is 12.7. The van der Waals surface area contributed by atoms with Crippen molar-refractivity contribution >= 4 is 16.9 Å². The van der Waals surface area contributed by atoms with Crippen LogP contribution in [0.4, 0.5) is 0 Å². The first-order chi connectivity index (χ1) is 15.1. The number of carbonyl (C=O) groups excluding carboxylic acids is 1. The topological polar surface area (TPSA) is 46.9 Å². The van der Waals surface area contributed by atoms with Gasteiger partial charge in [-0.1, -0.05) is 68.4 Å². The summed E-state index contributed by atoms with van der Waals surface area (Å²) in [6.07, 6.45) is 1.14. The van der Waals surface area contributed by atoms with E-state index < -0.39 is 0 Å². The zero-order valence-corrected chi connectivity index (χ0v) is 18.4. The molecule has 1 N–H and O–H groups in total. The number of fused-ring (bicyclic) bond motifs is 1. The van der Waals surface area contributed by atoms with E-state index in [1.165, 1.54) is 11.1 Å². The van der Waals surface area contributed by atoms with Crippen LogP contribution < -0.4 is 5.32 Å². The van der Waals surface area contributed by atoms with Crippen molar-refractivity contribution in [2.75, 3.05) is 0 Å². The SMILES string of the molecule is CCC(C)c1ccc(Cn2c(CNC(=O)c3ccccc3C)nc3ccccc32)cc1. The second-order valence-electron chi connectivity index (χ2n) is 8.15. The minimum Gasteiger partial charge on any atom is -0.345 e. The molecule has 0 bridgehead atoms. The van der Waals surface area contributed by atoms with Crippen LogP contribution in [-0.4, -0.2) is 15.5 Å². The summed E-state index contributed by atoms with van der Waals surface area (Å²) in [4.78, 5) is 17.5. The highest BCUT2D eigenvalue weighted by molar-refractivity contribution is 5.95. The molecule has 4 heteroatoms. The maximum Gasteiger partial charge on any atom is 0.251 e. The average Bonchev–Trinajstić information content (AvgIpc) is 3.15. The standard InChI is InChI=1S/C27H29N3O/c1-4-19(2)22-15-13-21(14-16-22)18-30-25-12-8-7-11-24(25)29-26(30)17-28-27(31)23-10-6-5-9-20(23)3/h5-16,19H,4,17-18H2,1-3H3,(H,28,31). The van der Waals surface area contributed by atoms with E-state index in [-0.39, 0.29) is 5.91 Å². The zero-order valence-electron chi connectivity index (χ0n) is 18.4. The Kier molecular flexibility index (Phi) is 6.17. The molecule has 1 amide bonds. The quantitative estimate of drug-likeness (QED) is 0.415. The van der Waals surface area contributed by atoms with E-state index in [0.29, 0.717) is 18.0 Å². The fourth-order valence-electron chi connectivity index (χ4n) is 3.89. The molecular weight excluding hydrogens is 382 g/mol. The number of para-hydroxylation sites is 2. The van der Waals surface area contributed by atoms with Crippen LogP contribution in [0.2, 0.25) is 0 Å². The van der Waals surface area contributed by atoms with E-state index >= 15 is 0 Å². The van der Waals surface area contributed by atoms with Crippen molar-refractivity contribution in [2.45, 2.75) is 46.2 Å². The van der Waals surface area contributed by atoms with Gasteiger partial charge in [0.05, 0.1) is 17.6 Å². The summed E-state index contributed by atoms with van der Waals surface area (Å²) in [6.45, 7) is 7.53. The summed E-state index contributed by atoms with van der Waals surface area (Å²) in [7, 11) is 0. The van der Waals surface area contributed by atoms with Crippen LogP contribution in [0.25, 0.3) is 11.0 Å². The number of imidazole rings is 1. The minimum absolute atomic E-state index is 0.0744. The van der Waals surface area contributed by atoms with Crippen LogP contribution in [0.5, 0.6) is 0 Å². The van der Waals surface area contributed by atoms with Gasteiger partial charge in [-0.15, -0.1) is 0 Å². The molecule has 31 heavy (non-hydrogen) atoms. The van der Waals surface area contributed by atoms with E-state index in [0.717, 1.165) is 35.4 Å². The van der Waals surface area contributed by atoms with Gasteiger partial charge < -0.3 is 9.88 Å². The summed E-state index contributed by atoms with van der Waals surface area (Å²) in [6, 6.07) is 24.6. The van der Waals surface area contributed by atoms with Gasteiger partial charge >= 0.3 is 0 Å². The fraction of sp³-hybridized carbons (Fsp3) is 0.259. The molecule has 0 fully saturated rings. The highest BCUT2D eigenvalue weighted by atomic mass is 16.1. The van der Waals surface area contributed by atoms with Crippen LogP contribution in [0.15, 0.2) is 72.8 Å². The van der Waals surface area contributed by atoms with Gasteiger partial charge in [0, 0.05) is 12.1 Å². The smallest absolute Gasteiger partial charge is 0.251 e. The third-order valence-corrected chi connectivity index (χ3v) is 6.03. The van der Waals surface area contributed by atoms with Gasteiger partial charge in [0.25, 0.3) is 5.91 Å². The summed E-state index contributed by atoms with van der Waals surface area (Å²) in [5.41, 5.74) is 6.28. The first-order valence-corrected chi connectivity index (χ1v) is 10.9. The number of aryl methyl sites for hydroxylation is 1. The number of hydrogen-bond donors (Lipinski definition) is 1. The molecule has 0 radical (unpaired) electrons. The molecule has 3 aromatic carbocycles. The van der Waals surface area contributed by atoms with Crippen molar-refractivity contribution in [1.82, 2.24) is 14.9 Å². The molecule has 1 heterocycles. The highest BCUT2D eigenvalue weighted by Gasteiger charge is 2.14. The minimum atomic E-state index is -0.0744. The van der Waals surface area contributed by atoms with Crippen molar-refractivity contribution in [3.05, 3.63) is 101 Å². The van der Waals surface area contributed by atoms with Gasteiger partial charge in [0.15, 0.2) is 0 Å². The number of aromatic nitrogens is 2. The molecule has 1 atom stereocenters. The largest absolute Gasteiger partial charge is 0.345 e. The van der Waals surface area contributed by atoms with Crippen molar-refractivity contribution in [3.63, 3.8) is 0 Å². The fourth-order valence-corrected chi connectivity index (χ4v) is 3.89. The average molecular weight is 412 g/mol. The first kappa shape index (κ1) is 20.9. The molecule has 0 spiro atoms. The lowest BCUT2D eigenvalue weighted by molar-refractivity contribution is 0.0949. The number of benzene rings is 3. The van der Waals surface area contributed by atoms with Crippen molar-refractivity contribution in [1.29, 1.82) is 0 Å². The number of carbonyl (C=O) groups is 1. The Morgan fingerprint density at radius 3 is 2.45 bits per heavy atom. The van der Waals surface area contributed by atoms with Gasteiger partial charge in [-0.05, 0) is 54.2 Å². The normalized spacial score (nSPS) is 12.1. The lowest BCUT2D eigenvalue weighted by atomic mass is 9.98. The lowest BCUT2D eigenvalue weighted by Crippen LogP contribution is -2.25. The molecule has 4 nitrogen and oxygen atoms in total. The first-order valence-electron chi connectivity index (χ1n) is 10.9. The van der Waals surface area contributed by atoms with Crippen molar-refractivity contribution in [2.24, 2.45) is 0 Å².